The Morgan fingerprint density at radius 2 is 2.10 bits per heavy atom. The monoisotopic (exact) mass is 245 g/mol. The molecule has 0 amide bonds. The van der Waals surface area contributed by atoms with Gasteiger partial charge >= 0.3 is 0 Å². The number of benzene rings is 1. The first kappa shape index (κ1) is 8.05. The fourth-order valence-electron chi connectivity index (χ4n) is 0.884. The van der Waals surface area contributed by atoms with Gasteiger partial charge in [-0.3, -0.25) is 0 Å². The fourth-order valence-corrected chi connectivity index (χ4v) is 1.49. The maximum Gasteiger partial charge on any atom is 0.0162 e. The van der Waals surface area contributed by atoms with Gasteiger partial charge in [0.2, 0.25) is 0 Å². The zero-order chi connectivity index (χ0) is 7.40. The Hall–Kier alpha value is -0.0500. The van der Waals surface area contributed by atoms with Crippen molar-refractivity contribution in [1.29, 1.82) is 0 Å². The molecule has 0 aliphatic carbocycles. The molecule has 0 fully saturated rings. The second-order valence-electron chi connectivity index (χ2n) is 2.20. The molecule has 1 aromatic rings. The third-order valence-corrected chi connectivity index (χ3v) is 2.43. The van der Waals surface area contributed by atoms with Gasteiger partial charge in [-0.2, -0.15) is 0 Å². The van der Waals surface area contributed by atoms with E-state index in [1.807, 2.05) is 0 Å². The molecule has 0 saturated carbocycles. The molecular formula is C9H10I. The lowest BCUT2D eigenvalue weighted by atomic mass is 10.1. The molecule has 0 bridgehead atoms. The van der Waals surface area contributed by atoms with Gasteiger partial charge in [-0.05, 0) is 47.1 Å². The van der Waals surface area contributed by atoms with Gasteiger partial charge in [0.25, 0.3) is 0 Å². The molecule has 0 heterocycles. The average molecular weight is 245 g/mol. The number of hydrogen-bond acceptors (Lipinski definition) is 0. The quantitative estimate of drug-likeness (QED) is 0.702. The van der Waals surface area contributed by atoms with Gasteiger partial charge in [-0.1, -0.05) is 25.1 Å². The van der Waals surface area contributed by atoms with Crippen LogP contribution in [0.25, 0.3) is 0 Å². The van der Waals surface area contributed by atoms with Crippen LogP contribution >= 0.6 is 22.6 Å². The maximum absolute atomic E-state index is 2.36. The Labute approximate surface area is 75.8 Å². The molecule has 0 unspecified atom stereocenters. The second kappa shape index (κ2) is 3.96. The molecule has 0 atom stereocenters. The summed E-state index contributed by atoms with van der Waals surface area (Å²) >= 11 is 2.36. The predicted molar refractivity (Wildman–Crippen MR) is 52.8 cm³/mol. The van der Waals surface area contributed by atoms with Crippen LogP contribution in [0.1, 0.15) is 12.5 Å². The molecular weight excluding hydrogens is 235 g/mol. The van der Waals surface area contributed by atoms with Crippen LogP contribution in [0.2, 0.25) is 0 Å². The molecule has 0 aliphatic heterocycles. The van der Waals surface area contributed by atoms with E-state index in [4.69, 9.17) is 0 Å². The second-order valence-corrected chi connectivity index (χ2v) is 3.37. The van der Waals surface area contributed by atoms with E-state index in [0.717, 1.165) is 6.42 Å². The van der Waals surface area contributed by atoms with Crippen molar-refractivity contribution >= 4 is 22.6 Å². The molecule has 0 N–H and O–H groups in total. The first-order chi connectivity index (χ1) is 4.84. The largest absolute Gasteiger partial charge is 0.0619 e. The summed E-state index contributed by atoms with van der Waals surface area (Å²) in [7, 11) is 0. The Morgan fingerprint density at radius 1 is 1.40 bits per heavy atom. The SMILES string of the molecule is C[CH]Cc1ccccc1I. The summed E-state index contributed by atoms with van der Waals surface area (Å²) in [6, 6.07) is 8.46. The molecule has 10 heavy (non-hydrogen) atoms. The van der Waals surface area contributed by atoms with Crippen LogP contribution in [-0.2, 0) is 6.42 Å². The third kappa shape index (κ3) is 1.97. The van der Waals surface area contributed by atoms with E-state index >= 15 is 0 Å². The lowest BCUT2D eigenvalue weighted by Gasteiger charge is -1.99. The van der Waals surface area contributed by atoms with Gasteiger partial charge in [0.15, 0.2) is 0 Å². The summed E-state index contributed by atoms with van der Waals surface area (Å²) in [5.41, 5.74) is 1.42. The Morgan fingerprint density at radius 3 is 2.70 bits per heavy atom. The molecule has 0 aromatic heterocycles. The highest BCUT2D eigenvalue weighted by molar-refractivity contribution is 14.1. The average Bonchev–Trinajstić information content (AvgIpc) is 1.94. The van der Waals surface area contributed by atoms with Gasteiger partial charge in [-0.15, -0.1) is 0 Å². The molecule has 0 nitrogen and oxygen atoms in total. The van der Waals surface area contributed by atoms with Crippen LogP contribution in [0.3, 0.4) is 0 Å². The lowest BCUT2D eigenvalue weighted by Crippen LogP contribution is -1.86. The van der Waals surface area contributed by atoms with Crippen LogP contribution in [0.5, 0.6) is 0 Å². The molecule has 53 valence electrons. The summed E-state index contributed by atoms with van der Waals surface area (Å²) in [6.07, 6.45) is 3.26. The van der Waals surface area contributed by atoms with Gasteiger partial charge in [0, 0.05) is 3.57 Å². The van der Waals surface area contributed by atoms with Gasteiger partial charge in [0.05, 0.1) is 0 Å². The van der Waals surface area contributed by atoms with Crippen molar-refractivity contribution < 1.29 is 0 Å². The van der Waals surface area contributed by atoms with Crippen LogP contribution in [0.4, 0.5) is 0 Å². The Kier molecular flexibility index (Phi) is 3.19. The fraction of sp³-hybridized carbons (Fsp3) is 0.222. The maximum atomic E-state index is 2.36. The topological polar surface area (TPSA) is 0 Å². The molecule has 0 saturated heterocycles. The minimum Gasteiger partial charge on any atom is -0.0619 e. The number of hydrogen-bond donors (Lipinski definition) is 0. The van der Waals surface area contributed by atoms with E-state index in [1.165, 1.54) is 9.13 Å². The van der Waals surface area contributed by atoms with Crippen molar-refractivity contribution in [3.63, 3.8) is 0 Å². The summed E-state index contributed by atoms with van der Waals surface area (Å²) in [4.78, 5) is 0. The van der Waals surface area contributed by atoms with Crippen molar-refractivity contribution in [3.8, 4) is 0 Å². The molecule has 1 rings (SSSR count). The third-order valence-electron chi connectivity index (χ3n) is 1.38. The van der Waals surface area contributed by atoms with E-state index in [-0.39, 0.29) is 0 Å². The summed E-state index contributed by atoms with van der Waals surface area (Å²) in [5, 5.41) is 0. The minimum atomic E-state index is 1.08. The van der Waals surface area contributed by atoms with Crippen molar-refractivity contribution in [2.75, 3.05) is 0 Å². The first-order valence-corrected chi connectivity index (χ1v) is 4.43. The zero-order valence-electron chi connectivity index (χ0n) is 5.97. The highest BCUT2D eigenvalue weighted by atomic mass is 127. The highest BCUT2D eigenvalue weighted by Gasteiger charge is 1.94. The summed E-state index contributed by atoms with van der Waals surface area (Å²) in [6.45, 7) is 2.09. The lowest BCUT2D eigenvalue weighted by molar-refractivity contribution is 1.13. The molecule has 1 heteroatoms. The van der Waals surface area contributed by atoms with Crippen molar-refractivity contribution in [3.05, 3.63) is 39.8 Å². The van der Waals surface area contributed by atoms with Crippen LogP contribution in [-0.4, -0.2) is 0 Å². The van der Waals surface area contributed by atoms with Crippen molar-refractivity contribution in [1.82, 2.24) is 0 Å². The van der Waals surface area contributed by atoms with Gasteiger partial charge in [0.1, 0.15) is 0 Å². The van der Waals surface area contributed by atoms with Crippen molar-refractivity contribution in [2.24, 2.45) is 0 Å². The Balaban J connectivity index is 2.81. The number of halogens is 1. The van der Waals surface area contributed by atoms with Crippen LogP contribution in [0, 0.1) is 9.99 Å². The summed E-state index contributed by atoms with van der Waals surface area (Å²) in [5.74, 6) is 0. The molecule has 0 spiro atoms. The van der Waals surface area contributed by atoms with E-state index in [2.05, 4.69) is 60.2 Å². The molecule has 1 radical (unpaired) electrons. The van der Waals surface area contributed by atoms with Crippen molar-refractivity contribution in [2.45, 2.75) is 13.3 Å². The standard InChI is InChI=1S/C9H10I/c1-2-5-8-6-3-4-7-9(8)10/h2-4,6-7H,5H2,1H3. The minimum absolute atomic E-state index is 1.08. The van der Waals surface area contributed by atoms with Crippen LogP contribution < -0.4 is 0 Å². The number of rotatable bonds is 2. The molecule has 1 aromatic carbocycles. The highest BCUT2D eigenvalue weighted by Crippen LogP contribution is 2.12. The van der Waals surface area contributed by atoms with E-state index in [9.17, 15) is 0 Å². The van der Waals surface area contributed by atoms with E-state index < -0.39 is 0 Å². The van der Waals surface area contributed by atoms with Crippen LogP contribution in [0.15, 0.2) is 24.3 Å². The van der Waals surface area contributed by atoms with Gasteiger partial charge in [-0.25, -0.2) is 0 Å². The van der Waals surface area contributed by atoms with E-state index in [0.29, 0.717) is 0 Å². The normalized spacial score (nSPS) is 9.80. The smallest absolute Gasteiger partial charge is 0.0162 e. The Bertz CT molecular complexity index is 206. The van der Waals surface area contributed by atoms with Gasteiger partial charge < -0.3 is 0 Å². The molecule has 0 aliphatic rings. The summed E-state index contributed by atoms with van der Waals surface area (Å²) < 4.78 is 1.36. The van der Waals surface area contributed by atoms with E-state index in [1.54, 1.807) is 0 Å². The predicted octanol–water partition coefficient (Wildman–Crippen LogP) is 3.06. The first-order valence-electron chi connectivity index (χ1n) is 3.36. The zero-order valence-corrected chi connectivity index (χ0v) is 8.13.